The summed E-state index contributed by atoms with van der Waals surface area (Å²) in [5.41, 5.74) is 1.17. The second kappa shape index (κ2) is 7.25. The zero-order valence-electron chi connectivity index (χ0n) is 15.1. The molecule has 1 aromatic heterocycles. The first-order valence-corrected chi connectivity index (χ1v) is 11.3. The van der Waals surface area contributed by atoms with E-state index >= 15 is 0 Å². The quantitative estimate of drug-likeness (QED) is 0.870. The summed E-state index contributed by atoms with van der Waals surface area (Å²) in [7, 11) is -3.07. The lowest BCUT2D eigenvalue weighted by molar-refractivity contribution is 0.158. The van der Waals surface area contributed by atoms with Crippen LogP contribution >= 0.6 is 11.3 Å². The average molecular weight is 386 g/mol. The van der Waals surface area contributed by atoms with Gasteiger partial charge in [0.25, 0.3) is 0 Å². The molecule has 0 aliphatic carbocycles. The number of likely N-dealkylation sites (tertiary alicyclic amines) is 1. The van der Waals surface area contributed by atoms with Gasteiger partial charge in [-0.15, -0.1) is 11.3 Å². The van der Waals surface area contributed by atoms with E-state index in [1.807, 2.05) is 11.8 Å². The lowest BCUT2D eigenvalue weighted by Crippen LogP contribution is -2.50. The summed E-state index contributed by atoms with van der Waals surface area (Å²) in [6, 6.07) is 2.11. The molecule has 8 heteroatoms. The summed E-state index contributed by atoms with van der Waals surface area (Å²) in [4.78, 5) is 16.8. The average Bonchev–Trinajstić information content (AvgIpc) is 3.08. The molecule has 1 atom stereocenters. The van der Waals surface area contributed by atoms with Crippen LogP contribution in [0.4, 0.5) is 4.79 Å². The van der Waals surface area contributed by atoms with E-state index in [0.717, 1.165) is 19.3 Å². The molecule has 6 nitrogen and oxygen atoms in total. The van der Waals surface area contributed by atoms with E-state index in [2.05, 4.69) is 25.2 Å². The Morgan fingerprint density at radius 2 is 1.96 bits per heavy atom. The molecule has 2 aliphatic heterocycles. The summed E-state index contributed by atoms with van der Waals surface area (Å²) >= 11 is 1.75. The highest BCUT2D eigenvalue weighted by Gasteiger charge is 2.36. The molecule has 1 unspecified atom stereocenters. The number of nitrogens with one attached hydrogen (secondary N) is 1. The van der Waals surface area contributed by atoms with Gasteiger partial charge in [-0.2, -0.15) is 4.31 Å². The van der Waals surface area contributed by atoms with Gasteiger partial charge in [0.1, 0.15) is 0 Å². The predicted octanol–water partition coefficient (Wildman–Crippen LogP) is 2.64. The molecule has 0 radical (unpaired) electrons. The normalized spacial score (nSPS) is 22.9. The van der Waals surface area contributed by atoms with Gasteiger partial charge >= 0.3 is 6.03 Å². The van der Waals surface area contributed by atoms with Crippen molar-refractivity contribution < 1.29 is 13.2 Å². The van der Waals surface area contributed by atoms with Gasteiger partial charge in [0, 0.05) is 35.4 Å². The van der Waals surface area contributed by atoms with Crippen molar-refractivity contribution in [2.75, 3.05) is 25.4 Å². The Hall–Kier alpha value is -1.12. The van der Waals surface area contributed by atoms with Crippen LogP contribution in [0.2, 0.25) is 0 Å². The topological polar surface area (TPSA) is 69.7 Å². The molecular weight excluding hydrogens is 358 g/mol. The monoisotopic (exact) mass is 385 g/mol. The summed E-state index contributed by atoms with van der Waals surface area (Å²) in [5.74, 6) is 0.268. The third kappa shape index (κ3) is 4.01. The predicted molar refractivity (Wildman–Crippen MR) is 100 cm³/mol. The minimum Gasteiger partial charge on any atom is -0.331 e. The Balaban J connectivity index is 1.54. The van der Waals surface area contributed by atoms with Crippen LogP contribution in [0.5, 0.6) is 0 Å². The van der Waals surface area contributed by atoms with Crippen LogP contribution < -0.4 is 5.32 Å². The van der Waals surface area contributed by atoms with Crippen LogP contribution in [-0.2, 0) is 10.0 Å². The molecule has 25 heavy (non-hydrogen) atoms. The highest BCUT2D eigenvalue weighted by Crippen LogP contribution is 2.27. The van der Waals surface area contributed by atoms with Crippen molar-refractivity contribution in [3.05, 3.63) is 21.4 Å². The molecule has 2 fully saturated rings. The summed E-state index contributed by atoms with van der Waals surface area (Å²) < 4.78 is 25.7. The van der Waals surface area contributed by atoms with Crippen LogP contribution in [0.1, 0.15) is 47.5 Å². The van der Waals surface area contributed by atoms with E-state index in [1.165, 1.54) is 15.3 Å². The zero-order valence-corrected chi connectivity index (χ0v) is 16.8. The maximum atomic E-state index is 12.5. The van der Waals surface area contributed by atoms with Crippen LogP contribution in [-0.4, -0.2) is 55.1 Å². The number of carbonyl (C=O) groups excluding carboxylic acids is 1. The number of hydrogen-bond acceptors (Lipinski definition) is 4. The number of piperidine rings is 1. The number of rotatable bonds is 3. The molecule has 0 saturated carbocycles. The molecule has 140 valence electrons. The van der Waals surface area contributed by atoms with Crippen LogP contribution in [0, 0.1) is 13.8 Å². The number of hydrogen-bond donors (Lipinski definition) is 1. The van der Waals surface area contributed by atoms with Gasteiger partial charge in [0.2, 0.25) is 10.0 Å². The van der Waals surface area contributed by atoms with E-state index in [-0.39, 0.29) is 23.9 Å². The fraction of sp³-hybridized carbons (Fsp3) is 0.706. The maximum absolute atomic E-state index is 12.5. The first-order valence-electron chi connectivity index (χ1n) is 8.90. The fourth-order valence-corrected chi connectivity index (χ4v) is 6.68. The van der Waals surface area contributed by atoms with Gasteiger partial charge in [-0.3, -0.25) is 0 Å². The van der Waals surface area contributed by atoms with Crippen molar-refractivity contribution in [1.29, 1.82) is 0 Å². The Labute approximate surface area is 154 Å². The minimum absolute atomic E-state index is 0.0193. The number of carbonyl (C=O) groups is 1. The van der Waals surface area contributed by atoms with Crippen molar-refractivity contribution in [1.82, 2.24) is 14.5 Å². The lowest BCUT2D eigenvalue weighted by Gasteiger charge is -2.36. The van der Waals surface area contributed by atoms with Crippen molar-refractivity contribution in [2.45, 2.75) is 52.1 Å². The third-order valence-corrected chi connectivity index (χ3v) is 8.16. The largest absolute Gasteiger partial charge is 0.331 e. The van der Waals surface area contributed by atoms with E-state index < -0.39 is 10.0 Å². The standard InChI is InChI=1S/C17H27N3O3S2/c1-12-11-16(14(3)24-12)13(2)18-17(21)19-8-5-15(6-9-19)20-7-4-10-25(20,22)23/h11,13,15H,4-10H2,1-3H3,(H,18,21). The summed E-state index contributed by atoms with van der Waals surface area (Å²) in [6.45, 7) is 8.02. The van der Waals surface area contributed by atoms with Crippen molar-refractivity contribution >= 4 is 27.4 Å². The van der Waals surface area contributed by atoms with Gasteiger partial charge in [0.15, 0.2) is 0 Å². The van der Waals surface area contributed by atoms with Crippen molar-refractivity contribution in [2.24, 2.45) is 0 Å². The van der Waals surface area contributed by atoms with Crippen molar-refractivity contribution in [3.63, 3.8) is 0 Å². The number of aryl methyl sites for hydroxylation is 2. The Morgan fingerprint density at radius 1 is 1.28 bits per heavy atom. The second-order valence-corrected chi connectivity index (χ2v) is 10.5. The molecule has 3 rings (SSSR count). The van der Waals surface area contributed by atoms with Gasteiger partial charge in [-0.05, 0) is 51.7 Å². The molecule has 0 aromatic carbocycles. The molecule has 2 saturated heterocycles. The van der Waals surface area contributed by atoms with Crippen LogP contribution in [0.3, 0.4) is 0 Å². The van der Waals surface area contributed by atoms with E-state index in [9.17, 15) is 13.2 Å². The van der Waals surface area contributed by atoms with Crippen molar-refractivity contribution in [3.8, 4) is 0 Å². The minimum atomic E-state index is -3.07. The molecule has 3 heterocycles. The van der Waals surface area contributed by atoms with E-state index in [1.54, 1.807) is 15.6 Å². The SMILES string of the molecule is Cc1cc(C(C)NC(=O)N2CCC(N3CCCS3(=O)=O)CC2)c(C)s1. The fourth-order valence-electron chi connectivity index (χ4n) is 3.86. The number of thiophene rings is 1. The lowest BCUT2D eigenvalue weighted by atomic mass is 10.1. The summed E-state index contributed by atoms with van der Waals surface area (Å²) in [6.07, 6.45) is 2.16. The highest BCUT2D eigenvalue weighted by molar-refractivity contribution is 7.89. The Kier molecular flexibility index (Phi) is 5.41. The van der Waals surface area contributed by atoms with E-state index in [4.69, 9.17) is 0 Å². The van der Waals surface area contributed by atoms with Gasteiger partial charge in [-0.25, -0.2) is 13.2 Å². The zero-order chi connectivity index (χ0) is 18.2. The summed E-state index contributed by atoms with van der Waals surface area (Å²) in [5, 5.41) is 3.08. The first-order chi connectivity index (χ1) is 11.8. The van der Waals surface area contributed by atoms with Crippen LogP contribution in [0.15, 0.2) is 6.07 Å². The number of urea groups is 1. The van der Waals surface area contributed by atoms with Crippen LogP contribution in [0.25, 0.3) is 0 Å². The molecule has 2 amide bonds. The Bertz CT molecular complexity index is 736. The molecular formula is C17H27N3O3S2. The molecule has 0 spiro atoms. The van der Waals surface area contributed by atoms with Gasteiger partial charge in [0.05, 0.1) is 11.8 Å². The van der Waals surface area contributed by atoms with Gasteiger partial charge < -0.3 is 10.2 Å². The second-order valence-electron chi connectivity index (χ2n) is 7.04. The molecule has 1 aromatic rings. The van der Waals surface area contributed by atoms with Gasteiger partial charge in [-0.1, -0.05) is 0 Å². The first kappa shape index (κ1) is 18.7. The third-order valence-electron chi connectivity index (χ3n) is 5.18. The number of nitrogens with zero attached hydrogens (tertiary/aromatic N) is 2. The maximum Gasteiger partial charge on any atom is 0.317 e. The number of sulfonamides is 1. The molecule has 1 N–H and O–H groups in total. The molecule has 0 bridgehead atoms. The smallest absolute Gasteiger partial charge is 0.317 e. The highest BCUT2D eigenvalue weighted by atomic mass is 32.2. The van der Waals surface area contributed by atoms with E-state index in [0.29, 0.717) is 19.6 Å². The molecule has 2 aliphatic rings. The number of amides is 2. The Morgan fingerprint density at radius 3 is 2.48 bits per heavy atom.